The third kappa shape index (κ3) is 8.23. The molecule has 84 valence electrons. The van der Waals surface area contributed by atoms with Gasteiger partial charge in [-0.2, -0.15) is 11.8 Å². The number of hydrogen-bond acceptors (Lipinski definition) is 3. The molecule has 3 nitrogen and oxygen atoms in total. The lowest BCUT2D eigenvalue weighted by Gasteiger charge is -2.14. The molecule has 0 aromatic heterocycles. The van der Waals surface area contributed by atoms with Gasteiger partial charge in [0.05, 0.1) is 6.10 Å². The van der Waals surface area contributed by atoms with Crippen molar-refractivity contribution in [3.8, 4) is 0 Å². The molecule has 1 N–H and O–H groups in total. The predicted molar refractivity (Wildman–Crippen MR) is 61.8 cm³/mol. The van der Waals surface area contributed by atoms with Crippen LogP contribution in [0.2, 0.25) is 0 Å². The quantitative estimate of drug-likeness (QED) is 0.698. The summed E-state index contributed by atoms with van der Waals surface area (Å²) >= 11 is 1.89. The van der Waals surface area contributed by atoms with Crippen LogP contribution in [0.3, 0.4) is 0 Å². The Bertz CT molecular complexity index is 162. The Hall–Kier alpha value is -0.380. The van der Waals surface area contributed by atoms with E-state index in [0.717, 1.165) is 17.9 Å². The minimum absolute atomic E-state index is 0.0489. The molecule has 4 heteroatoms. The maximum atomic E-state index is 11.2. The first-order valence-corrected chi connectivity index (χ1v) is 6.26. The summed E-state index contributed by atoms with van der Waals surface area (Å²) in [5.74, 6) is 2.21. The second kappa shape index (κ2) is 7.97. The number of thioether (sulfide) groups is 1. The minimum atomic E-state index is -0.311. The Labute approximate surface area is 91.0 Å². The molecule has 0 heterocycles. The number of carbonyl (C=O) groups is 1. The summed E-state index contributed by atoms with van der Waals surface area (Å²) in [5, 5.41) is 2.80. The van der Waals surface area contributed by atoms with Crippen LogP contribution in [0.4, 0.5) is 4.79 Å². The number of alkyl carbamates (subject to hydrolysis) is 1. The SMILES string of the molecule is CCSCCC(C)NC(=O)OC(C)C. The first-order chi connectivity index (χ1) is 6.56. The lowest BCUT2D eigenvalue weighted by Crippen LogP contribution is -2.34. The molecule has 0 aromatic carbocycles. The van der Waals surface area contributed by atoms with Crippen LogP contribution in [-0.4, -0.2) is 29.7 Å². The van der Waals surface area contributed by atoms with Crippen molar-refractivity contribution in [2.45, 2.75) is 46.3 Å². The fourth-order valence-corrected chi connectivity index (χ4v) is 1.73. The molecule has 0 saturated carbocycles. The van der Waals surface area contributed by atoms with E-state index in [1.165, 1.54) is 0 Å². The van der Waals surface area contributed by atoms with Gasteiger partial charge in [0.2, 0.25) is 0 Å². The molecule has 0 spiro atoms. The van der Waals surface area contributed by atoms with Crippen molar-refractivity contribution in [2.75, 3.05) is 11.5 Å². The van der Waals surface area contributed by atoms with Gasteiger partial charge >= 0.3 is 6.09 Å². The van der Waals surface area contributed by atoms with E-state index in [1.54, 1.807) is 0 Å². The van der Waals surface area contributed by atoms with Gasteiger partial charge in [-0.3, -0.25) is 0 Å². The van der Waals surface area contributed by atoms with Crippen LogP contribution < -0.4 is 5.32 Å². The van der Waals surface area contributed by atoms with Gasteiger partial charge in [0.15, 0.2) is 0 Å². The Morgan fingerprint density at radius 3 is 2.57 bits per heavy atom. The Morgan fingerprint density at radius 2 is 2.07 bits per heavy atom. The highest BCUT2D eigenvalue weighted by atomic mass is 32.2. The summed E-state index contributed by atoms with van der Waals surface area (Å²) in [7, 11) is 0. The smallest absolute Gasteiger partial charge is 0.407 e. The number of amides is 1. The van der Waals surface area contributed by atoms with E-state index in [9.17, 15) is 4.79 Å². The summed E-state index contributed by atoms with van der Waals surface area (Å²) in [6.45, 7) is 7.82. The molecule has 14 heavy (non-hydrogen) atoms. The van der Waals surface area contributed by atoms with Gasteiger partial charge in [0.1, 0.15) is 0 Å². The molecule has 1 unspecified atom stereocenters. The largest absolute Gasteiger partial charge is 0.447 e. The molecule has 0 aliphatic heterocycles. The fourth-order valence-electron chi connectivity index (χ4n) is 0.926. The highest BCUT2D eigenvalue weighted by Gasteiger charge is 2.08. The summed E-state index contributed by atoms with van der Waals surface area (Å²) in [6, 6.07) is 0.195. The van der Waals surface area contributed by atoms with Crippen LogP contribution in [0, 0.1) is 0 Å². The monoisotopic (exact) mass is 219 g/mol. The third-order valence-corrected chi connectivity index (χ3v) is 2.54. The molecule has 0 fully saturated rings. The fraction of sp³-hybridized carbons (Fsp3) is 0.900. The molecule has 1 atom stereocenters. The normalized spacial score (nSPS) is 12.6. The van der Waals surface area contributed by atoms with Crippen molar-refractivity contribution in [3.63, 3.8) is 0 Å². The average molecular weight is 219 g/mol. The summed E-state index contributed by atoms with van der Waals surface area (Å²) in [4.78, 5) is 11.2. The maximum absolute atomic E-state index is 11.2. The minimum Gasteiger partial charge on any atom is -0.447 e. The predicted octanol–water partition coefficient (Wildman–Crippen LogP) is 2.65. The van der Waals surface area contributed by atoms with Crippen molar-refractivity contribution >= 4 is 17.9 Å². The molecule has 0 aliphatic carbocycles. The zero-order valence-electron chi connectivity index (χ0n) is 9.50. The van der Waals surface area contributed by atoms with Gasteiger partial charge in [-0.15, -0.1) is 0 Å². The number of ether oxygens (including phenoxy) is 1. The highest BCUT2D eigenvalue weighted by molar-refractivity contribution is 7.99. The van der Waals surface area contributed by atoms with E-state index in [-0.39, 0.29) is 18.2 Å². The average Bonchev–Trinajstić information content (AvgIpc) is 2.02. The summed E-state index contributed by atoms with van der Waals surface area (Å²) < 4.78 is 4.97. The van der Waals surface area contributed by atoms with Crippen LogP contribution in [0.5, 0.6) is 0 Å². The van der Waals surface area contributed by atoms with Gasteiger partial charge in [0.25, 0.3) is 0 Å². The molecule has 0 saturated heterocycles. The molecule has 0 bridgehead atoms. The van der Waals surface area contributed by atoms with Crippen LogP contribution >= 0.6 is 11.8 Å². The van der Waals surface area contributed by atoms with E-state index < -0.39 is 0 Å². The molecule has 0 aliphatic rings. The van der Waals surface area contributed by atoms with Gasteiger partial charge in [-0.25, -0.2) is 4.79 Å². The molecule has 0 radical (unpaired) electrons. The Morgan fingerprint density at radius 1 is 1.43 bits per heavy atom. The van der Waals surface area contributed by atoms with Crippen LogP contribution in [-0.2, 0) is 4.74 Å². The zero-order valence-corrected chi connectivity index (χ0v) is 10.3. The topological polar surface area (TPSA) is 38.3 Å². The zero-order chi connectivity index (χ0) is 11.0. The Kier molecular flexibility index (Phi) is 7.76. The molecule has 0 rings (SSSR count). The Balaban J connectivity index is 3.50. The van der Waals surface area contributed by atoms with E-state index in [4.69, 9.17) is 4.74 Å². The summed E-state index contributed by atoms with van der Waals surface area (Å²) in [6.07, 6.45) is 0.632. The van der Waals surface area contributed by atoms with Crippen LogP contribution in [0.1, 0.15) is 34.1 Å². The number of nitrogens with one attached hydrogen (secondary N) is 1. The molecule has 0 aromatic rings. The van der Waals surface area contributed by atoms with Crippen LogP contribution in [0.15, 0.2) is 0 Å². The number of rotatable bonds is 6. The number of carbonyl (C=O) groups excluding carboxylic acids is 1. The summed E-state index contributed by atoms with van der Waals surface area (Å²) in [5.41, 5.74) is 0. The first kappa shape index (κ1) is 13.6. The van der Waals surface area contributed by atoms with Crippen molar-refractivity contribution < 1.29 is 9.53 Å². The van der Waals surface area contributed by atoms with Crippen molar-refractivity contribution in [2.24, 2.45) is 0 Å². The van der Waals surface area contributed by atoms with Gasteiger partial charge in [-0.1, -0.05) is 6.92 Å². The van der Waals surface area contributed by atoms with E-state index in [2.05, 4.69) is 12.2 Å². The van der Waals surface area contributed by atoms with Crippen molar-refractivity contribution in [3.05, 3.63) is 0 Å². The van der Waals surface area contributed by atoms with Crippen molar-refractivity contribution in [1.82, 2.24) is 5.32 Å². The molecular formula is C10H21NO2S. The first-order valence-electron chi connectivity index (χ1n) is 5.11. The van der Waals surface area contributed by atoms with Crippen LogP contribution in [0.25, 0.3) is 0 Å². The molecular weight excluding hydrogens is 198 g/mol. The van der Waals surface area contributed by atoms with Gasteiger partial charge < -0.3 is 10.1 Å². The number of hydrogen-bond donors (Lipinski definition) is 1. The van der Waals surface area contributed by atoms with E-state index in [0.29, 0.717) is 0 Å². The third-order valence-electron chi connectivity index (χ3n) is 1.61. The molecule has 1 amide bonds. The van der Waals surface area contributed by atoms with E-state index in [1.807, 2.05) is 32.5 Å². The standard InChI is InChI=1S/C10H21NO2S/c1-5-14-7-6-9(4)11-10(12)13-8(2)3/h8-9H,5-7H2,1-4H3,(H,11,12). The second-order valence-electron chi connectivity index (χ2n) is 3.49. The highest BCUT2D eigenvalue weighted by Crippen LogP contribution is 2.04. The van der Waals surface area contributed by atoms with Crippen molar-refractivity contribution in [1.29, 1.82) is 0 Å². The lowest BCUT2D eigenvalue weighted by molar-refractivity contribution is 0.112. The maximum Gasteiger partial charge on any atom is 0.407 e. The van der Waals surface area contributed by atoms with Gasteiger partial charge in [-0.05, 0) is 38.7 Å². The van der Waals surface area contributed by atoms with E-state index >= 15 is 0 Å². The van der Waals surface area contributed by atoms with Gasteiger partial charge in [0, 0.05) is 6.04 Å². The lowest BCUT2D eigenvalue weighted by atomic mass is 10.3. The second-order valence-corrected chi connectivity index (χ2v) is 4.88.